The topological polar surface area (TPSA) is 0 Å². The van der Waals surface area contributed by atoms with E-state index in [1.807, 2.05) is 0 Å². The zero-order valence-corrected chi connectivity index (χ0v) is 8.29. The van der Waals surface area contributed by atoms with Gasteiger partial charge in [0.25, 0.3) is 0 Å². The van der Waals surface area contributed by atoms with Gasteiger partial charge >= 0.3 is 6.18 Å². The lowest BCUT2D eigenvalue weighted by Gasteiger charge is -1.99. The summed E-state index contributed by atoms with van der Waals surface area (Å²) in [7, 11) is 0. The fourth-order valence-electron chi connectivity index (χ4n) is 0.862. The van der Waals surface area contributed by atoms with E-state index in [9.17, 15) is 13.2 Å². The third kappa shape index (κ3) is 4.03. The van der Waals surface area contributed by atoms with Crippen LogP contribution in [0.4, 0.5) is 13.2 Å². The van der Waals surface area contributed by atoms with Crippen LogP contribution >= 0.6 is 23.2 Å². The van der Waals surface area contributed by atoms with Crippen LogP contribution in [-0.4, -0.2) is 6.18 Å². The number of benzene rings is 1. The summed E-state index contributed by atoms with van der Waals surface area (Å²) >= 11 is 11.2. The highest BCUT2D eigenvalue weighted by molar-refractivity contribution is 6.34. The summed E-state index contributed by atoms with van der Waals surface area (Å²) in [5.41, 5.74) is 0.319. The molecule has 1 rings (SSSR count). The van der Waals surface area contributed by atoms with Gasteiger partial charge in [-0.05, 0) is 29.8 Å². The van der Waals surface area contributed by atoms with Gasteiger partial charge in [0.1, 0.15) is 0 Å². The van der Waals surface area contributed by atoms with Crippen molar-refractivity contribution >= 4 is 29.3 Å². The van der Waals surface area contributed by atoms with Crippen molar-refractivity contribution in [1.29, 1.82) is 0 Å². The molecule has 5 heteroatoms. The number of hydrogen-bond acceptors (Lipinski definition) is 0. The monoisotopic (exact) mass is 240 g/mol. The first-order valence-corrected chi connectivity index (χ1v) is 4.34. The van der Waals surface area contributed by atoms with Crippen molar-refractivity contribution < 1.29 is 13.2 Å². The third-order valence-corrected chi connectivity index (χ3v) is 1.79. The molecule has 0 aliphatic heterocycles. The molecule has 0 aromatic heterocycles. The molecule has 0 bridgehead atoms. The van der Waals surface area contributed by atoms with Crippen molar-refractivity contribution in [1.82, 2.24) is 0 Å². The molecule has 0 saturated heterocycles. The Bertz CT molecular complexity index is 335. The lowest BCUT2D eigenvalue weighted by atomic mass is 10.2. The SMILES string of the molecule is FC(F)(F)C=Cc1cc(Cl)cc(Cl)c1. The first-order valence-electron chi connectivity index (χ1n) is 3.59. The van der Waals surface area contributed by atoms with Gasteiger partial charge < -0.3 is 0 Å². The molecule has 0 spiro atoms. The number of halogens is 5. The van der Waals surface area contributed by atoms with Crippen LogP contribution in [-0.2, 0) is 0 Å². The molecule has 0 nitrogen and oxygen atoms in total. The van der Waals surface area contributed by atoms with Gasteiger partial charge in [-0.2, -0.15) is 13.2 Å². The Kier molecular flexibility index (Phi) is 3.45. The fraction of sp³-hybridized carbons (Fsp3) is 0.111. The van der Waals surface area contributed by atoms with E-state index < -0.39 is 6.18 Å². The summed E-state index contributed by atoms with van der Waals surface area (Å²) in [4.78, 5) is 0. The van der Waals surface area contributed by atoms with Crippen LogP contribution < -0.4 is 0 Å². The molecule has 1 aromatic carbocycles. The number of hydrogen-bond donors (Lipinski definition) is 0. The van der Waals surface area contributed by atoms with Crippen molar-refractivity contribution in [3.05, 3.63) is 39.9 Å². The van der Waals surface area contributed by atoms with E-state index in [0.29, 0.717) is 15.6 Å². The first-order chi connectivity index (χ1) is 6.37. The van der Waals surface area contributed by atoms with Gasteiger partial charge in [-0.25, -0.2) is 0 Å². The lowest BCUT2D eigenvalue weighted by molar-refractivity contribution is -0.0790. The van der Waals surface area contributed by atoms with Crippen LogP contribution in [0.25, 0.3) is 6.08 Å². The summed E-state index contributed by atoms with van der Waals surface area (Å²) in [6, 6.07) is 4.25. The van der Waals surface area contributed by atoms with E-state index in [1.165, 1.54) is 18.2 Å². The molecule has 76 valence electrons. The zero-order valence-electron chi connectivity index (χ0n) is 6.78. The largest absolute Gasteiger partial charge is 0.409 e. The second-order valence-corrected chi connectivity index (χ2v) is 3.45. The Labute approximate surface area is 88.9 Å². The molecule has 14 heavy (non-hydrogen) atoms. The molecule has 0 heterocycles. The lowest BCUT2D eigenvalue weighted by Crippen LogP contribution is -2.00. The highest BCUT2D eigenvalue weighted by atomic mass is 35.5. The summed E-state index contributed by atoms with van der Waals surface area (Å²) in [5.74, 6) is 0. The Hall–Kier alpha value is -0.670. The average Bonchev–Trinajstić information content (AvgIpc) is 1.97. The molecule has 0 radical (unpaired) electrons. The van der Waals surface area contributed by atoms with E-state index in [2.05, 4.69) is 0 Å². The predicted molar refractivity (Wildman–Crippen MR) is 51.6 cm³/mol. The van der Waals surface area contributed by atoms with Crippen molar-refractivity contribution in [2.45, 2.75) is 6.18 Å². The number of allylic oxidation sites excluding steroid dienone is 1. The van der Waals surface area contributed by atoms with Gasteiger partial charge in [0.05, 0.1) is 0 Å². The normalized spacial score (nSPS) is 12.4. The van der Waals surface area contributed by atoms with Crippen LogP contribution in [0.1, 0.15) is 5.56 Å². The van der Waals surface area contributed by atoms with E-state index >= 15 is 0 Å². The summed E-state index contributed by atoms with van der Waals surface area (Å²) in [6.07, 6.45) is -3.28. The quantitative estimate of drug-likeness (QED) is 0.675. The maximum absolute atomic E-state index is 11.8. The van der Waals surface area contributed by atoms with Crippen LogP contribution in [0.3, 0.4) is 0 Å². The predicted octanol–water partition coefficient (Wildman–Crippen LogP) is 4.57. The van der Waals surface area contributed by atoms with Gasteiger partial charge in [-0.1, -0.05) is 23.2 Å². The van der Waals surface area contributed by atoms with Crippen LogP contribution in [0.5, 0.6) is 0 Å². The fourth-order valence-corrected chi connectivity index (χ4v) is 1.41. The standard InChI is InChI=1S/C9H5Cl2F3/c10-7-3-6(4-8(11)5-7)1-2-9(12,13)14/h1-5H. The second kappa shape index (κ2) is 4.24. The summed E-state index contributed by atoms with van der Waals surface area (Å²) in [5, 5.41) is 0.610. The van der Waals surface area contributed by atoms with Gasteiger partial charge in [0.2, 0.25) is 0 Å². The Morgan fingerprint density at radius 1 is 1.00 bits per heavy atom. The molecule has 0 atom stereocenters. The van der Waals surface area contributed by atoms with Crippen LogP contribution in [0.2, 0.25) is 10.0 Å². The summed E-state index contributed by atoms with van der Waals surface area (Å²) in [6.45, 7) is 0. The van der Waals surface area contributed by atoms with Gasteiger partial charge in [-0.3, -0.25) is 0 Å². The molecule has 0 aliphatic carbocycles. The van der Waals surface area contributed by atoms with Crippen LogP contribution in [0, 0.1) is 0 Å². The molecule has 0 fully saturated rings. The summed E-state index contributed by atoms with van der Waals surface area (Å²) < 4.78 is 35.4. The Balaban J connectivity index is 2.92. The van der Waals surface area contributed by atoms with E-state index in [4.69, 9.17) is 23.2 Å². The van der Waals surface area contributed by atoms with E-state index in [-0.39, 0.29) is 6.08 Å². The molecule has 1 aromatic rings. The van der Waals surface area contributed by atoms with E-state index in [1.54, 1.807) is 0 Å². The highest BCUT2D eigenvalue weighted by Gasteiger charge is 2.21. The minimum Gasteiger partial charge on any atom is -0.167 e. The van der Waals surface area contributed by atoms with Crippen LogP contribution in [0.15, 0.2) is 24.3 Å². The van der Waals surface area contributed by atoms with Gasteiger partial charge in [0, 0.05) is 16.1 Å². The smallest absolute Gasteiger partial charge is 0.167 e. The van der Waals surface area contributed by atoms with Crippen molar-refractivity contribution in [2.24, 2.45) is 0 Å². The van der Waals surface area contributed by atoms with Crippen molar-refractivity contribution in [3.63, 3.8) is 0 Å². The molecular formula is C9H5Cl2F3. The molecular weight excluding hydrogens is 236 g/mol. The first kappa shape index (κ1) is 11.4. The van der Waals surface area contributed by atoms with Gasteiger partial charge in [-0.15, -0.1) is 0 Å². The second-order valence-electron chi connectivity index (χ2n) is 2.58. The number of rotatable bonds is 1. The van der Waals surface area contributed by atoms with Crippen molar-refractivity contribution in [2.75, 3.05) is 0 Å². The maximum atomic E-state index is 11.8. The zero-order chi connectivity index (χ0) is 10.8. The Morgan fingerprint density at radius 2 is 1.50 bits per heavy atom. The maximum Gasteiger partial charge on any atom is 0.409 e. The Morgan fingerprint density at radius 3 is 1.93 bits per heavy atom. The molecule has 0 N–H and O–H groups in total. The third-order valence-electron chi connectivity index (χ3n) is 1.35. The highest BCUT2D eigenvalue weighted by Crippen LogP contribution is 2.22. The molecule has 0 amide bonds. The molecule has 0 aliphatic rings. The minimum atomic E-state index is -4.32. The van der Waals surface area contributed by atoms with Crippen molar-refractivity contribution in [3.8, 4) is 0 Å². The molecule has 0 saturated carbocycles. The number of alkyl halides is 3. The molecule has 0 unspecified atom stereocenters. The van der Waals surface area contributed by atoms with Gasteiger partial charge in [0.15, 0.2) is 0 Å². The van der Waals surface area contributed by atoms with E-state index in [0.717, 1.165) is 6.08 Å². The minimum absolute atomic E-state index is 0.134. The average molecular weight is 241 g/mol.